The van der Waals surface area contributed by atoms with Crippen LogP contribution in [0.5, 0.6) is 11.8 Å². The fourth-order valence-corrected chi connectivity index (χ4v) is 2.29. The van der Waals surface area contributed by atoms with Crippen molar-refractivity contribution < 1.29 is 15.0 Å². The SMILES string of the molecule is Cc1cc(NCCn2c(O)ccc2O)ccc1CCC=O. The smallest absolute Gasteiger partial charge is 0.193 e. The van der Waals surface area contributed by atoms with Gasteiger partial charge in [-0.25, -0.2) is 0 Å². The average molecular weight is 288 g/mol. The number of hydrogen-bond donors (Lipinski definition) is 3. The van der Waals surface area contributed by atoms with E-state index in [0.717, 1.165) is 24.0 Å². The second kappa shape index (κ2) is 6.83. The van der Waals surface area contributed by atoms with Gasteiger partial charge in [0.05, 0.1) is 0 Å². The molecule has 0 fully saturated rings. The zero-order valence-electron chi connectivity index (χ0n) is 12.0. The molecule has 0 aliphatic carbocycles. The highest BCUT2D eigenvalue weighted by Crippen LogP contribution is 2.21. The Morgan fingerprint density at radius 1 is 1.19 bits per heavy atom. The van der Waals surface area contributed by atoms with E-state index in [0.29, 0.717) is 19.5 Å². The lowest BCUT2D eigenvalue weighted by Gasteiger charge is -2.11. The van der Waals surface area contributed by atoms with Crippen molar-refractivity contribution in [1.82, 2.24) is 4.57 Å². The summed E-state index contributed by atoms with van der Waals surface area (Å²) in [7, 11) is 0. The molecule has 0 saturated heterocycles. The van der Waals surface area contributed by atoms with Crippen molar-refractivity contribution >= 4 is 12.0 Å². The number of nitrogens with zero attached hydrogens (tertiary/aromatic N) is 1. The molecule has 0 bridgehead atoms. The Labute approximate surface area is 123 Å². The summed E-state index contributed by atoms with van der Waals surface area (Å²) < 4.78 is 1.43. The van der Waals surface area contributed by atoms with Gasteiger partial charge in [-0.2, -0.15) is 0 Å². The summed E-state index contributed by atoms with van der Waals surface area (Å²) in [6.07, 6.45) is 2.24. The molecule has 0 saturated carbocycles. The molecule has 21 heavy (non-hydrogen) atoms. The van der Waals surface area contributed by atoms with E-state index in [2.05, 4.69) is 5.32 Å². The Morgan fingerprint density at radius 2 is 1.90 bits per heavy atom. The quantitative estimate of drug-likeness (QED) is 0.684. The number of aldehydes is 1. The Balaban J connectivity index is 1.92. The Kier molecular flexibility index (Phi) is 4.87. The maximum Gasteiger partial charge on any atom is 0.193 e. The van der Waals surface area contributed by atoms with Crippen molar-refractivity contribution in [2.45, 2.75) is 26.3 Å². The molecule has 112 valence electrons. The third-order valence-electron chi connectivity index (χ3n) is 3.47. The fraction of sp³-hybridized carbons (Fsp3) is 0.312. The van der Waals surface area contributed by atoms with Crippen LogP contribution in [0.25, 0.3) is 0 Å². The highest BCUT2D eigenvalue weighted by molar-refractivity contribution is 5.52. The zero-order valence-corrected chi connectivity index (χ0v) is 12.0. The number of carbonyl (C=O) groups is 1. The molecule has 0 unspecified atom stereocenters. The van der Waals surface area contributed by atoms with Crippen molar-refractivity contribution in [3.8, 4) is 11.8 Å². The number of anilines is 1. The monoisotopic (exact) mass is 288 g/mol. The lowest BCUT2D eigenvalue weighted by molar-refractivity contribution is -0.107. The van der Waals surface area contributed by atoms with Crippen molar-refractivity contribution in [2.24, 2.45) is 0 Å². The summed E-state index contributed by atoms with van der Waals surface area (Å²) >= 11 is 0. The van der Waals surface area contributed by atoms with Gasteiger partial charge in [0, 0.05) is 37.3 Å². The summed E-state index contributed by atoms with van der Waals surface area (Å²) in [6.45, 7) is 3.08. The zero-order chi connectivity index (χ0) is 15.2. The minimum Gasteiger partial charge on any atom is -0.494 e. The largest absolute Gasteiger partial charge is 0.494 e. The van der Waals surface area contributed by atoms with Crippen LogP contribution in [0.1, 0.15) is 17.5 Å². The lowest BCUT2D eigenvalue weighted by Crippen LogP contribution is -2.10. The van der Waals surface area contributed by atoms with E-state index in [1.807, 2.05) is 25.1 Å². The molecule has 0 aliphatic rings. The van der Waals surface area contributed by atoms with Gasteiger partial charge in [-0.05, 0) is 36.6 Å². The van der Waals surface area contributed by atoms with Crippen LogP contribution in [0.3, 0.4) is 0 Å². The molecule has 5 nitrogen and oxygen atoms in total. The van der Waals surface area contributed by atoms with Crippen LogP contribution in [-0.4, -0.2) is 27.6 Å². The Bertz CT molecular complexity index is 600. The van der Waals surface area contributed by atoms with Crippen molar-refractivity contribution in [3.63, 3.8) is 0 Å². The van der Waals surface area contributed by atoms with Crippen molar-refractivity contribution in [2.75, 3.05) is 11.9 Å². The first kappa shape index (κ1) is 15.0. The second-order valence-corrected chi connectivity index (χ2v) is 4.97. The van der Waals surface area contributed by atoms with E-state index in [4.69, 9.17) is 0 Å². The highest BCUT2D eigenvalue weighted by Gasteiger charge is 2.05. The van der Waals surface area contributed by atoms with Crippen LogP contribution in [-0.2, 0) is 17.8 Å². The van der Waals surface area contributed by atoms with Crippen molar-refractivity contribution in [3.05, 3.63) is 41.5 Å². The fourth-order valence-electron chi connectivity index (χ4n) is 2.29. The van der Waals surface area contributed by atoms with Gasteiger partial charge >= 0.3 is 0 Å². The van der Waals surface area contributed by atoms with Crippen LogP contribution in [0.4, 0.5) is 5.69 Å². The van der Waals surface area contributed by atoms with Crippen LogP contribution in [0.2, 0.25) is 0 Å². The summed E-state index contributed by atoms with van der Waals surface area (Å²) in [5.41, 5.74) is 3.30. The topological polar surface area (TPSA) is 74.5 Å². The van der Waals surface area contributed by atoms with E-state index in [1.54, 1.807) is 0 Å². The summed E-state index contributed by atoms with van der Waals surface area (Å²) in [5.74, 6) is 0.101. The number of benzene rings is 1. The molecular weight excluding hydrogens is 268 g/mol. The molecule has 0 radical (unpaired) electrons. The predicted molar refractivity (Wildman–Crippen MR) is 81.8 cm³/mol. The average Bonchev–Trinajstić information content (AvgIpc) is 2.78. The van der Waals surface area contributed by atoms with Gasteiger partial charge < -0.3 is 20.3 Å². The molecule has 2 rings (SSSR count). The van der Waals surface area contributed by atoms with E-state index in [-0.39, 0.29) is 11.8 Å². The van der Waals surface area contributed by atoms with Crippen molar-refractivity contribution in [1.29, 1.82) is 0 Å². The summed E-state index contributed by atoms with van der Waals surface area (Å²) in [5, 5.41) is 22.3. The number of aromatic nitrogens is 1. The number of nitrogens with one attached hydrogen (secondary N) is 1. The van der Waals surface area contributed by atoms with Crippen LogP contribution >= 0.6 is 0 Å². The van der Waals surface area contributed by atoms with E-state index >= 15 is 0 Å². The predicted octanol–water partition coefficient (Wildman–Crippen LogP) is 2.45. The van der Waals surface area contributed by atoms with Gasteiger partial charge in [-0.15, -0.1) is 0 Å². The van der Waals surface area contributed by atoms with E-state index < -0.39 is 0 Å². The number of aryl methyl sites for hydroxylation is 2. The van der Waals surface area contributed by atoms with Crippen LogP contribution in [0, 0.1) is 6.92 Å². The minimum absolute atomic E-state index is 0.0506. The standard InChI is InChI=1S/C16H20N2O3/c1-12-11-14(5-4-13(12)3-2-10-19)17-8-9-18-15(20)6-7-16(18)21/h4-7,10-11,17,20-21H,2-3,8-9H2,1H3. The molecule has 5 heteroatoms. The molecule has 1 heterocycles. The molecule has 1 aromatic heterocycles. The molecule has 0 spiro atoms. The van der Waals surface area contributed by atoms with Gasteiger partial charge in [0.25, 0.3) is 0 Å². The number of aromatic hydroxyl groups is 2. The molecule has 0 amide bonds. The summed E-state index contributed by atoms with van der Waals surface area (Å²) in [4.78, 5) is 10.4. The van der Waals surface area contributed by atoms with Crippen LogP contribution in [0.15, 0.2) is 30.3 Å². The van der Waals surface area contributed by atoms with Gasteiger partial charge in [0.15, 0.2) is 11.8 Å². The van der Waals surface area contributed by atoms with E-state index in [9.17, 15) is 15.0 Å². The molecule has 0 atom stereocenters. The molecular formula is C16H20N2O3. The van der Waals surface area contributed by atoms with Gasteiger partial charge in [-0.3, -0.25) is 4.57 Å². The van der Waals surface area contributed by atoms with Crippen LogP contribution < -0.4 is 5.32 Å². The van der Waals surface area contributed by atoms with Gasteiger partial charge in [0.2, 0.25) is 0 Å². The number of carbonyl (C=O) groups excluding carboxylic acids is 1. The molecule has 3 N–H and O–H groups in total. The summed E-state index contributed by atoms with van der Waals surface area (Å²) in [6, 6.07) is 8.95. The van der Waals surface area contributed by atoms with E-state index in [1.165, 1.54) is 22.3 Å². The maximum atomic E-state index is 10.4. The molecule has 0 aliphatic heterocycles. The third-order valence-corrected chi connectivity index (χ3v) is 3.47. The van der Waals surface area contributed by atoms with Gasteiger partial charge in [-0.1, -0.05) is 6.07 Å². The normalized spacial score (nSPS) is 10.5. The Morgan fingerprint density at radius 3 is 2.52 bits per heavy atom. The first-order chi connectivity index (χ1) is 10.1. The molecule has 1 aromatic carbocycles. The number of hydrogen-bond acceptors (Lipinski definition) is 4. The second-order valence-electron chi connectivity index (χ2n) is 4.97. The number of rotatable bonds is 7. The lowest BCUT2D eigenvalue weighted by atomic mass is 10.0. The maximum absolute atomic E-state index is 10.4. The minimum atomic E-state index is 0.0506. The third kappa shape index (κ3) is 3.78. The first-order valence-corrected chi connectivity index (χ1v) is 6.96. The highest BCUT2D eigenvalue weighted by atomic mass is 16.3. The van der Waals surface area contributed by atoms with Gasteiger partial charge in [0.1, 0.15) is 6.29 Å². The Hall–Kier alpha value is -2.43. The molecule has 2 aromatic rings. The first-order valence-electron chi connectivity index (χ1n) is 6.96.